The van der Waals surface area contributed by atoms with Gasteiger partial charge < -0.3 is 4.90 Å². The summed E-state index contributed by atoms with van der Waals surface area (Å²) in [6, 6.07) is 12.5. The van der Waals surface area contributed by atoms with Crippen LogP contribution in [0.25, 0.3) is 21.3 Å². The standard InChI is InChI=1S/C17H14N2OS/c1-10-18-15-8-12(4-6-16(15)21-10)11-3-5-14-13(7-11)9-19(2)17(14)20/h3-8H,9H2,1-2H3. The zero-order chi connectivity index (χ0) is 14.6. The van der Waals surface area contributed by atoms with Crippen molar-refractivity contribution in [3.8, 4) is 11.1 Å². The van der Waals surface area contributed by atoms with E-state index in [0.29, 0.717) is 6.54 Å². The molecule has 0 fully saturated rings. The van der Waals surface area contributed by atoms with E-state index in [4.69, 9.17) is 0 Å². The fraction of sp³-hybridized carbons (Fsp3) is 0.176. The minimum absolute atomic E-state index is 0.113. The van der Waals surface area contributed by atoms with Gasteiger partial charge in [-0.25, -0.2) is 4.98 Å². The van der Waals surface area contributed by atoms with Crippen molar-refractivity contribution in [1.82, 2.24) is 9.88 Å². The van der Waals surface area contributed by atoms with Gasteiger partial charge in [0, 0.05) is 19.2 Å². The number of hydrogen-bond donors (Lipinski definition) is 0. The van der Waals surface area contributed by atoms with Crippen LogP contribution < -0.4 is 0 Å². The van der Waals surface area contributed by atoms with Crippen LogP contribution in [-0.2, 0) is 6.54 Å². The molecule has 4 heteroatoms. The van der Waals surface area contributed by atoms with Crippen LogP contribution in [0.15, 0.2) is 36.4 Å². The lowest BCUT2D eigenvalue weighted by molar-refractivity contribution is 0.0816. The smallest absolute Gasteiger partial charge is 0.254 e. The third kappa shape index (κ3) is 1.94. The molecule has 1 aliphatic rings. The van der Waals surface area contributed by atoms with Gasteiger partial charge >= 0.3 is 0 Å². The Hall–Kier alpha value is -2.20. The molecule has 0 bridgehead atoms. The number of thiazole rings is 1. The van der Waals surface area contributed by atoms with Gasteiger partial charge in [-0.2, -0.15) is 0 Å². The number of carbonyl (C=O) groups is 1. The molecule has 21 heavy (non-hydrogen) atoms. The van der Waals surface area contributed by atoms with E-state index in [1.54, 1.807) is 16.2 Å². The molecule has 0 unspecified atom stereocenters. The maximum Gasteiger partial charge on any atom is 0.254 e. The SMILES string of the molecule is Cc1nc2cc(-c3ccc4c(c3)CN(C)C4=O)ccc2s1. The Kier molecular flexibility index (Phi) is 2.62. The summed E-state index contributed by atoms with van der Waals surface area (Å²) in [6.45, 7) is 2.72. The molecule has 3 aromatic rings. The Bertz CT molecular complexity index is 882. The predicted octanol–water partition coefficient (Wildman–Crippen LogP) is 3.86. The molecule has 0 saturated carbocycles. The van der Waals surface area contributed by atoms with Crippen molar-refractivity contribution >= 4 is 27.5 Å². The number of aromatic nitrogens is 1. The van der Waals surface area contributed by atoms with Gasteiger partial charge in [-0.3, -0.25) is 4.79 Å². The molecule has 0 radical (unpaired) electrons. The normalized spacial score (nSPS) is 14.0. The summed E-state index contributed by atoms with van der Waals surface area (Å²) in [6.07, 6.45) is 0. The van der Waals surface area contributed by atoms with Gasteiger partial charge in [-0.05, 0) is 47.9 Å². The van der Waals surface area contributed by atoms with Crippen molar-refractivity contribution < 1.29 is 4.79 Å². The number of nitrogens with zero attached hydrogens (tertiary/aromatic N) is 2. The van der Waals surface area contributed by atoms with Crippen molar-refractivity contribution in [2.75, 3.05) is 7.05 Å². The van der Waals surface area contributed by atoms with Gasteiger partial charge in [0.05, 0.1) is 15.2 Å². The fourth-order valence-corrected chi connectivity index (χ4v) is 3.68. The van der Waals surface area contributed by atoms with Crippen LogP contribution in [0, 0.1) is 6.92 Å². The lowest BCUT2D eigenvalue weighted by Crippen LogP contribution is -2.17. The third-order valence-electron chi connectivity index (χ3n) is 3.92. The van der Waals surface area contributed by atoms with Crippen LogP contribution in [-0.4, -0.2) is 22.8 Å². The molecule has 0 aliphatic carbocycles. The Morgan fingerprint density at radius 1 is 1.14 bits per heavy atom. The molecule has 1 amide bonds. The highest BCUT2D eigenvalue weighted by Crippen LogP contribution is 2.31. The van der Waals surface area contributed by atoms with E-state index in [2.05, 4.69) is 29.2 Å². The van der Waals surface area contributed by atoms with Gasteiger partial charge in [-0.1, -0.05) is 12.1 Å². The maximum atomic E-state index is 11.9. The average molecular weight is 294 g/mol. The summed E-state index contributed by atoms with van der Waals surface area (Å²) < 4.78 is 1.22. The maximum absolute atomic E-state index is 11.9. The lowest BCUT2D eigenvalue weighted by Gasteiger charge is -2.05. The molecule has 3 nitrogen and oxygen atoms in total. The van der Waals surface area contributed by atoms with Gasteiger partial charge in [0.25, 0.3) is 5.91 Å². The molecule has 0 N–H and O–H groups in total. The second kappa shape index (κ2) is 4.40. The average Bonchev–Trinajstić information content (AvgIpc) is 2.97. The molecule has 0 saturated heterocycles. The quantitative estimate of drug-likeness (QED) is 0.683. The number of rotatable bonds is 1. The Morgan fingerprint density at radius 3 is 2.76 bits per heavy atom. The summed E-state index contributed by atoms with van der Waals surface area (Å²) in [5, 5.41) is 1.09. The highest BCUT2D eigenvalue weighted by molar-refractivity contribution is 7.18. The Labute approximate surface area is 126 Å². The fourth-order valence-electron chi connectivity index (χ4n) is 2.87. The van der Waals surface area contributed by atoms with E-state index in [-0.39, 0.29) is 5.91 Å². The summed E-state index contributed by atoms with van der Waals surface area (Å²) in [7, 11) is 1.84. The zero-order valence-corrected chi connectivity index (χ0v) is 12.7. The van der Waals surface area contributed by atoms with E-state index in [0.717, 1.165) is 32.8 Å². The number of fused-ring (bicyclic) bond motifs is 2. The minimum Gasteiger partial charge on any atom is -0.337 e. The molecule has 104 valence electrons. The van der Waals surface area contributed by atoms with Crippen molar-refractivity contribution in [3.05, 3.63) is 52.5 Å². The van der Waals surface area contributed by atoms with Crippen LogP contribution in [0.3, 0.4) is 0 Å². The first-order valence-corrected chi connectivity index (χ1v) is 7.69. The summed E-state index contributed by atoms with van der Waals surface area (Å²) >= 11 is 1.71. The van der Waals surface area contributed by atoms with Crippen molar-refractivity contribution in [2.24, 2.45) is 0 Å². The third-order valence-corrected chi connectivity index (χ3v) is 4.87. The Morgan fingerprint density at radius 2 is 1.90 bits per heavy atom. The molecule has 0 atom stereocenters. The highest BCUT2D eigenvalue weighted by Gasteiger charge is 2.24. The lowest BCUT2D eigenvalue weighted by atomic mass is 10.0. The van der Waals surface area contributed by atoms with Crippen LogP contribution >= 0.6 is 11.3 Å². The van der Waals surface area contributed by atoms with Gasteiger partial charge in [0.15, 0.2) is 0 Å². The van der Waals surface area contributed by atoms with E-state index >= 15 is 0 Å². The number of benzene rings is 2. The summed E-state index contributed by atoms with van der Waals surface area (Å²) in [4.78, 5) is 18.2. The van der Waals surface area contributed by atoms with Gasteiger partial charge in [0.1, 0.15) is 0 Å². The van der Waals surface area contributed by atoms with Crippen LogP contribution in [0.5, 0.6) is 0 Å². The van der Waals surface area contributed by atoms with Gasteiger partial charge in [0.2, 0.25) is 0 Å². The monoisotopic (exact) mass is 294 g/mol. The molecule has 1 aliphatic heterocycles. The van der Waals surface area contributed by atoms with E-state index in [9.17, 15) is 4.79 Å². The Balaban J connectivity index is 1.82. The van der Waals surface area contributed by atoms with E-state index in [1.807, 2.05) is 26.1 Å². The van der Waals surface area contributed by atoms with E-state index in [1.165, 1.54) is 4.70 Å². The molecule has 2 aromatic carbocycles. The van der Waals surface area contributed by atoms with Crippen molar-refractivity contribution in [2.45, 2.75) is 13.5 Å². The van der Waals surface area contributed by atoms with Crippen LogP contribution in [0.2, 0.25) is 0 Å². The van der Waals surface area contributed by atoms with Crippen molar-refractivity contribution in [1.29, 1.82) is 0 Å². The number of carbonyl (C=O) groups excluding carboxylic acids is 1. The van der Waals surface area contributed by atoms with Crippen LogP contribution in [0.1, 0.15) is 20.9 Å². The predicted molar refractivity (Wildman–Crippen MR) is 85.6 cm³/mol. The molecule has 2 heterocycles. The largest absolute Gasteiger partial charge is 0.337 e. The molecular formula is C17H14N2OS. The number of hydrogen-bond acceptors (Lipinski definition) is 3. The summed E-state index contributed by atoms with van der Waals surface area (Å²) in [5.41, 5.74) is 5.27. The first-order chi connectivity index (χ1) is 10.1. The number of amides is 1. The second-order valence-electron chi connectivity index (χ2n) is 5.45. The topological polar surface area (TPSA) is 33.2 Å². The van der Waals surface area contributed by atoms with Crippen molar-refractivity contribution in [3.63, 3.8) is 0 Å². The number of aryl methyl sites for hydroxylation is 1. The van der Waals surface area contributed by atoms with Gasteiger partial charge in [-0.15, -0.1) is 11.3 Å². The van der Waals surface area contributed by atoms with Crippen LogP contribution in [0.4, 0.5) is 0 Å². The first kappa shape index (κ1) is 12.5. The minimum atomic E-state index is 0.113. The first-order valence-electron chi connectivity index (χ1n) is 6.88. The highest BCUT2D eigenvalue weighted by atomic mass is 32.1. The van der Waals surface area contributed by atoms with E-state index < -0.39 is 0 Å². The molecule has 0 spiro atoms. The molecule has 1 aromatic heterocycles. The zero-order valence-electron chi connectivity index (χ0n) is 11.9. The second-order valence-corrected chi connectivity index (χ2v) is 6.68. The molecular weight excluding hydrogens is 280 g/mol. The molecule has 4 rings (SSSR count). The summed E-state index contributed by atoms with van der Waals surface area (Å²) in [5.74, 6) is 0.113.